The molecule has 1 saturated carbocycles. The summed E-state index contributed by atoms with van der Waals surface area (Å²) >= 11 is 0. The average molecular weight is 262 g/mol. The molecule has 0 saturated heterocycles. The van der Waals surface area contributed by atoms with Gasteiger partial charge in [-0.2, -0.15) is 0 Å². The standard InChI is InChI=1S/C15H26N4/c1-4-13-14(16-3)18-10-19-15(13)17-9-12-8-6-5-7-11(12)2/h10-12H,4-9H2,1-3H3,(H2,16,17,18,19). The monoisotopic (exact) mass is 262 g/mol. The van der Waals surface area contributed by atoms with Crippen molar-refractivity contribution < 1.29 is 0 Å². The van der Waals surface area contributed by atoms with E-state index in [0.29, 0.717) is 0 Å². The lowest BCUT2D eigenvalue weighted by Gasteiger charge is -2.29. The van der Waals surface area contributed by atoms with Gasteiger partial charge in [-0.05, 0) is 24.7 Å². The van der Waals surface area contributed by atoms with Crippen LogP contribution in [0.15, 0.2) is 6.33 Å². The molecule has 2 rings (SSSR count). The Labute approximate surface area is 116 Å². The molecule has 2 atom stereocenters. The van der Waals surface area contributed by atoms with Gasteiger partial charge in [0.2, 0.25) is 0 Å². The predicted molar refractivity (Wildman–Crippen MR) is 80.6 cm³/mol. The molecule has 0 aliphatic heterocycles. The Bertz CT molecular complexity index is 405. The van der Waals surface area contributed by atoms with Gasteiger partial charge in [-0.15, -0.1) is 0 Å². The molecule has 1 aromatic heterocycles. The maximum atomic E-state index is 4.41. The maximum absolute atomic E-state index is 4.41. The van der Waals surface area contributed by atoms with E-state index >= 15 is 0 Å². The minimum atomic E-state index is 0.784. The van der Waals surface area contributed by atoms with Crippen LogP contribution in [-0.4, -0.2) is 23.6 Å². The van der Waals surface area contributed by atoms with Crippen LogP contribution >= 0.6 is 0 Å². The summed E-state index contributed by atoms with van der Waals surface area (Å²) in [6.07, 6.45) is 8.08. The minimum Gasteiger partial charge on any atom is -0.373 e. The van der Waals surface area contributed by atoms with Crippen LogP contribution in [0.3, 0.4) is 0 Å². The van der Waals surface area contributed by atoms with Gasteiger partial charge in [0, 0.05) is 19.2 Å². The number of hydrogen-bond donors (Lipinski definition) is 2. The topological polar surface area (TPSA) is 49.8 Å². The van der Waals surface area contributed by atoms with Crippen molar-refractivity contribution in [1.29, 1.82) is 0 Å². The highest BCUT2D eigenvalue weighted by Crippen LogP contribution is 2.30. The zero-order valence-electron chi connectivity index (χ0n) is 12.4. The molecule has 1 aliphatic rings. The first-order chi connectivity index (χ1) is 9.26. The third kappa shape index (κ3) is 3.37. The summed E-state index contributed by atoms with van der Waals surface area (Å²) in [5.74, 6) is 3.56. The van der Waals surface area contributed by atoms with Gasteiger partial charge < -0.3 is 10.6 Å². The van der Waals surface area contributed by atoms with Crippen LogP contribution in [0.2, 0.25) is 0 Å². The first-order valence-corrected chi connectivity index (χ1v) is 7.51. The predicted octanol–water partition coefficient (Wildman–Crippen LogP) is 3.32. The molecule has 1 fully saturated rings. The number of anilines is 2. The average Bonchev–Trinajstić information content (AvgIpc) is 2.45. The lowest BCUT2D eigenvalue weighted by atomic mass is 9.80. The van der Waals surface area contributed by atoms with Crippen molar-refractivity contribution in [2.45, 2.75) is 46.0 Å². The molecule has 1 aromatic rings. The zero-order valence-corrected chi connectivity index (χ0v) is 12.4. The third-order valence-corrected chi connectivity index (χ3v) is 4.36. The first-order valence-electron chi connectivity index (χ1n) is 7.51. The van der Waals surface area contributed by atoms with E-state index in [-0.39, 0.29) is 0 Å². The van der Waals surface area contributed by atoms with Gasteiger partial charge in [-0.3, -0.25) is 0 Å². The van der Waals surface area contributed by atoms with Gasteiger partial charge >= 0.3 is 0 Å². The molecule has 19 heavy (non-hydrogen) atoms. The zero-order chi connectivity index (χ0) is 13.7. The van der Waals surface area contributed by atoms with E-state index in [2.05, 4.69) is 34.4 Å². The Morgan fingerprint density at radius 1 is 1.21 bits per heavy atom. The van der Waals surface area contributed by atoms with Crippen molar-refractivity contribution in [2.75, 3.05) is 24.2 Å². The first kappa shape index (κ1) is 14.1. The van der Waals surface area contributed by atoms with Crippen LogP contribution in [0.5, 0.6) is 0 Å². The summed E-state index contributed by atoms with van der Waals surface area (Å²) < 4.78 is 0. The molecule has 0 spiro atoms. The largest absolute Gasteiger partial charge is 0.373 e. The van der Waals surface area contributed by atoms with Gasteiger partial charge in [0.1, 0.15) is 18.0 Å². The lowest BCUT2D eigenvalue weighted by molar-refractivity contribution is 0.268. The molecule has 0 radical (unpaired) electrons. The summed E-state index contributed by atoms with van der Waals surface area (Å²) in [5, 5.41) is 6.69. The van der Waals surface area contributed by atoms with Crippen molar-refractivity contribution >= 4 is 11.6 Å². The fraction of sp³-hybridized carbons (Fsp3) is 0.733. The number of hydrogen-bond acceptors (Lipinski definition) is 4. The van der Waals surface area contributed by atoms with Gasteiger partial charge in [-0.25, -0.2) is 9.97 Å². The number of rotatable bonds is 5. The van der Waals surface area contributed by atoms with Gasteiger partial charge in [0.05, 0.1) is 0 Å². The summed E-state index contributed by atoms with van der Waals surface area (Å²) in [4.78, 5) is 8.68. The highest BCUT2D eigenvalue weighted by molar-refractivity contribution is 5.57. The van der Waals surface area contributed by atoms with Crippen molar-refractivity contribution in [1.82, 2.24) is 9.97 Å². The second kappa shape index (κ2) is 6.73. The minimum absolute atomic E-state index is 0.784. The van der Waals surface area contributed by atoms with Gasteiger partial charge in [0.15, 0.2) is 0 Å². The number of nitrogens with zero attached hydrogens (tertiary/aromatic N) is 2. The smallest absolute Gasteiger partial charge is 0.134 e. The van der Waals surface area contributed by atoms with Crippen molar-refractivity contribution in [3.63, 3.8) is 0 Å². The van der Waals surface area contributed by atoms with Crippen molar-refractivity contribution in [3.05, 3.63) is 11.9 Å². The summed E-state index contributed by atoms with van der Waals surface area (Å²) in [6.45, 7) is 5.56. The van der Waals surface area contributed by atoms with Crippen molar-refractivity contribution in [3.8, 4) is 0 Å². The van der Waals surface area contributed by atoms with Crippen LogP contribution < -0.4 is 10.6 Å². The summed E-state index contributed by atoms with van der Waals surface area (Å²) in [5.41, 5.74) is 1.19. The van der Waals surface area contributed by atoms with E-state index < -0.39 is 0 Å². The Hall–Kier alpha value is -1.32. The van der Waals surface area contributed by atoms with Crippen LogP contribution in [0.25, 0.3) is 0 Å². The van der Waals surface area contributed by atoms with Crippen LogP contribution in [0.4, 0.5) is 11.6 Å². The second-order valence-corrected chi connectivity index (χ2v) is 5.56. The molecule has 4 nitrogen and oxygen atoms in total. The van der Waals surface area contributed by atoms with E-state index in [1.807, 2.05) is 7.05 Å². The van der Waals surface area contributed by atoms with Gasteiger partial charge in [-0.1, -0.05) is 33.1 Å². The summed E-state index contributed by atoms with van der Waals surface area (Å²) in [7, 11) is 1.91. The molecule has 0 bridgehead atoms. The highest BCUT2D eigenvalue weighted by atomic mass is 15.1. The Morgan fingerprint density at radius 3 is 2.63 bits per heavy atom. The lowest BCUT2D eigenvalue weighted by Crippen LogP contribution is -2.25. The third-order valence-electron chi connectivity index (χ3n) is 4.36. The number of nitrogens with one attached hydrogen (secondary N) is 2. The molecular formula is C15H26N4. The quantitative estimate of drug-likeness (QED) is 0.854. The maximum Gasteiger partial charge on any atom is 0.134 e. The van der Waals surface area contributed by atoms with E-state index in [4.69, 9.17) is 0 Å². The summed E-state index contributed by atoms with van der Waals surface area (Å²) in [6, 6.07) is 0. The Morgan fingerprint density at radius 2 is 1.95 bits per heavy atom. The fourth-order valence-corrected chi connectivity index (χ4v) is 3.04. The van der Waals surface area contributed by atoms with Crippen LogP contribution in [0.1, 0.15) is 45.1 Å². The van der Waals surface area contributed by atoms with Gasteiger partial charge in [0.25, 0.3) is 0 Å². The molecule has 0 amide bonds. The van der Waals surface area contributed by atoms with E-state index in [1.54, 1.807) is 6.33 Å². The molecule has 0 aromatic carbocycles. The molecule has 106 valence electrons. The SMILES string of the molecule is CCc1c(NC)ncnc1NCC1CCCCC1C. The fourth-order valence-electron chi connectivity index (χ4n) is 3.04. The van der Waals surface area contributed by atoms with E-state index in [1.165, 1.54) is 31.2 Å². The van der Waals surface area contributed by atoms with Crippen LogP contribution in [0, 0.1) is 11.8 Å². The molecule has 2 N–H and O–H groups in total. The molecule has 4 heteroatoms. The van der Waals surface area contributed by atoms with E-state index in [9.17, 15) is 0 Å². The number of aromatic nitrogens is 2. The molecule has 1 heterocycles. The Kier molecular flexibility index (Phi) is 5.00. The molecular weight excluding hydrogens is 236 g/mol. The molecule has 1 aliphatic carbocycles. The Balaban J connectivity index is 2.02. The van der Waals surface area contributed by atoms with E-state index in [0.717, 1.165) is 36.4 Å². The highest BCUT2D eigenvalue weighted by Gasteiger charge is 2.21. The second-order valence-electron chi connectivity index (χ2n) is 5.56. The normalized spacial score (nSPS) is 23.1. The molecule has 2 unspecified atom stereocenters. The van der Waals surface area contributed by atoms with Crippen molar-refractivity contribution in [2.24, 2.45) is 11.8 Å². The van der Waals surface area contributed by atoms with Crippen LogP contribution in [-0.2, 0) is 6.42 Å².